The standard InChI is InChI=1S/C21H20N2O4S/c1-14-21(17-4-2-3-5-18(17)22-14)15-8-10-23(11-9-15)28(24,25)16-6-7-19-20(12-16)27-13-26-19/h2-8,12,22H,9-11,13H2,1H3. The Bertz CT molecular complexity index is 1210. The zero-order valence-electron chi connectivity index (χ0n) is 15.4. The normalized spacial score (nSPS) is 17.1. The predicted molar refractivity (Wildman–Crippen MR) is 107 cm³/mol. The van der Waals surface area contributed by atoms with Gasteiger partial charge in [0, 0.05) is 41.3 Å². The lowest BCUT2D eigenvalue weighted by molar-refractivity contribution is 0.174. The number of fused-ring (bicyclic) bond motifs is 2. The second-order valence-electron chi connectivity index (χ2n) is 7.03. The van der Waals surface area contributed by atoms with Crippen molar-refractivity contribution >= 4 is 26.5 Å². The highest BCUT2D eigenvalue weighted by Crippen LogP contribution is 2.36. The van der Waals surface area contributed by atoms with Gasteiger partial charge in [0.05, 0.1) is 4.90 Å². The molecule has 28 heavy (non-hydrogen) atoms. The number of rotatable bonds is 3. The van der Waals surface area contributed by atoms with Crippen LogP contribution in [0.3, 0.4) is 0 Å². The minimum atomic E-state index is -3.58. The Labute approximate surface area is 163 Å². The number of nitrogens with zero attached hydrogens (tertiary/aromatic N) is 1. The number of hydrogen-bond acceptors (Lipinski definition) is 4. The van der Waals surface area contributed by atoms with Gasteiger partial charge in [-0.15, -0.1) is 0 Å². The number of aromatic nitrogens is 1. The number of H-pyrrole nitrogens is 1. The fourth-order valence-electron chi connectivity index (χ4n) is 3.97. The fourth-order valence-corrected chi connectivity index (χ4v) is 5.37. The van der Waals surface area contributed by atoms with Crippen molar-refractivity contribution in [2.45, 2.75) is 18.2 Å². The van der Waals surface area contributed by atoms with E-state index in [9.17, 15) is 8.42 Å². The summed E-state index contributed by atoms with van der Waals surface area (Å²) in [5, 5.41) is 1.18. The summed E-state index contributed by atoms with van der Waals surface area (Å²) in [7, 11) is -3.58. The molecule has 6 nitrogen and oxygen atoms in total. The number of nitrogens with one attached hydrogen (secondary N) is 1. The van der Waals surface area contributed by atoms with E-state index in [-0.39, 0.29) is 11.7 Å². The molecule has 0 unspecified atom stereocenters. The van der Waals surface area contributed by atoms with Crippen molar-refractivity contribution < 1.29 is 17.9 Å². The SMILES string of the molecule is Cc1[nH]c2ccccc2c1C1=CCN(S(=O)(=O)c2ccc3c(c2)OCO3)CC1. The van der Waals surface area contributed by atoms with Crippen LogP contribution in [0, 0.1) is 6.92 Å². The summed E-state index contributed by atoms with van der Waals surface area (Å²) >= 11 is 0. The first kappa shape index (κ1) is 17.3. The van der Waals surface area contributed by atoms with Gasteiger partial charge >= 0.3 is 0 Å². The number of para-hydroxylation sites is 1. The molecule has 7 heteroatoms. The Hall–Kier alpha value is -2.77. The third-order valence-electron chi connectivity index (χ3n) is 5.37. The van der Waals surface area contributed by atoms with E-state index in [1.807, 2.05) is 18.2 Å². The number of hydrogen-bond donors (Lipinski definition) is 1. The monoisotopic (exact) mass is 396 g/mol. The highest BCUT2D eigenvalue weighted by Gasteiger charge is 2.29. The number of sulfonamides is 1. The largest absolute Gasteiger partial charge is 0.454 e. The lowest BCUT2D eigenvalue weighted by Crippen LogP contribution is -2.34. The fraction of sp³-hybridized carbons (Fsp3) is 0.238. The predicted octanol–water partition coefficient (Wildman–Crippen LogP) is 3.68. The molecule has 0 saturated carbocycles. The van der Waals surface area contributed by atoms with E-state index in [2.05, 4.69) is 24.0 Å². The van der Waals surface area contributed by atoms with Gasteiger partial charge in [-0.2, -0.15) is 4.31 Å². The number of benzene rings is 2. The van der Waals surface area contributed by atoms with Crippen LogP contribution in [-0.4, -0.2) is 37.6 Å². The van der Waals surface area contributed by atoms with E-state index in [1.54, 1.807) is 18.2 Å². The van der Waals surface area contributed by atoms with E-state index >= 15 is 0 Å². The molecule has 0 amide bonds. The summed E-state index contributed by atoms with van der Waals surface area (Å²) in [5.41, 5.74) is 4.59. The Morgan fingerprint density at radius 1 is 1.07 bits per heavy atom. The van der Waals surface area contributed by atoms with Gasteiger partial charge in [-0.05, 0) is 37.1 Å². The quantitative estimate of drug-likeness (QED) is 0.733. The molecule has 0 saturated heterocycles. The van der Waals surface area contributed by atoms with Crippen LogP contribution in [0.25, 0.3) is 16.5 Å². The maximum absolute atomic E-state index is 13.1. The van der Waals surface area contributed by atoms with Gasteiger partial charge in [0.2, 0.25) is 16.8 Å². The summed E-state index contributed by atoms with van der Waals surface area (Å²) in [6, 6.07) is 13.0. The van der Waals surface area contributed by atoms with Gasteiger partial charge in [-0.1, -0.05) is 24.3 Å². The highest BCUT2D eigenvalue weighted by atomic mass is 32.2. The average Bonchev–Trinajstić information content (AvgIpc) is 3.30. The molecule has 3 aromatic rings. The maximum atomic E-state index is 13.1. The number of ether oxygens (including phenoxy) is 2. The molecule has 2 aromatic carbocycles. The molecule has 3 heterocycles. The van der Waals surface area contributed by atoms with Crippen LogP contribution in [0.2, 0.25) is 0 Å². The lowest BCUT2D eigenvalue weighted by atomic mass is 9.97. The van der Waals surface area contributed by atoms with Gasteiger partial charge in [-0.25, -0.2) is 8.42 Å². The zero-order chi connectivity index (χ0) is 19.3. The van der Waals surface area contributed by atoms with Crippen LogP contribution in [0.15, 0.2) is 53.4 Å². The molecule has 2 aliphatic rings. The molecule has 144 valence electrons. The first-order valence-electron chi connectivity index (χ1n) is 9.20. The van der Waals surface area contributed by atoms with Gasteiger partial charge in [0.25, 0.3) is 0 Å². The third-order valence-corrected chi connectivity index (χ3v) is 7.23. The van der Waals surface area contributed by atoms with Crippen molar-refractivity contribution in [2.24, 2.45) is 0 Å². The van der Waals surface area contributed by atoms with Crippen molar-refractivity contribution in [3.8, 4) is 11.5 Å². The summed E-state index contributed by atoms with van der Waals surface area (Å²) in [6.07, 6.45) is 2.70. The molecule has 1 N–H and O–H groups in total. The molecule has 0 atom stereocenters. The minimum absolute atomic E-state index is 0.124. The Morgan fingerprint density at radius 3 is 2.71 bits per heavy atom. The first-order chi connectivity index (χ1) is 13.5. The van der Waals surface area contributed by atoms with Crippen LogP contribution in [0.4, 0.5) is 0 Å². The smallest absolute Gasteiger partial charge is 0.243 e. The molecule has 1 aromatic heterocycles. The minimum Gasteiger partial charge on any atom is -0.454 e. The molecule has 0 aliphatic carbocycles. The van der Waals surface area contributed by atoms with Gasteiger partial charge < -0.3 is 14.5 Å². The lowest BCUT2D eigenvalue weighted by Gasteiger charge is -2.26. The third kappa shape index (κ3) is 2.70. The molecule has 0 radical (unpaired) electrons. The van der Waals surface area contributed by atoms with E-state index in [1.165, 1.54) is 20.8 Å². The van der Waals surface area contributed by atoms with E-state index in [0.29, 0.717) is 31.0 Å². The Kier molecular flexibility index (Phi) is 3.96. The van der Waals surface area contributed by atoms with Gasteiger partial charge in [0.1, 0.15) is 0 Å². The summed E-state index contributed by atoms with van der Waals surface area (Å²) in [4.78, 5) is 3.65. The Balaban J connectivity index is 1.44. The van der Waals surface area contributed by atoms with Crippen LogP contribution in [-0.2, 0) is 10.0 Å². The Morgan fingerprint density at radius 2 is 1.89 bits per heavy atom. The van der Waals surface area contributed by atoms with Crippen LogP contribution in [0.1, 0.15) is 17.7 Å². The molecule has 0 fully saturated rings. The summed E-state index contributed by atoms with van der Waals surface area (Å²) < 4.78 is 38.2. The second-order valence-corrected chi connectivity index (χ2v) is 8.97. The number of aryl methyl sites for hydroxylation is 1. The van der Waals surface area contributed by atoms with E-state index in [4.69, 9.17) is 9.47 Å². The molecule has 2 aliphatic heterocycles. The summed E-state index contributed by atoms with van der Waals surface area (Å²) in [5.74, 6) is 1.05. The second kappa shape index (κ2) is 6.39. The van der Waals surface area contributed by atoms with Crippen molar-refractivity contribution in [1.29, 1.82) is 0 Å². The van der Waals surface area contributed by atoms with Crippen LogP contribution in [0.5, 0.6) is 11.5 Å². The average molecular weight is 396 g/mol. The zero-order valence-corrected chi connectivity index (χ0v) is 16.3. The van der Waals surface area contributed by atoms with Crippen molar-refractivity contribution in [2.75, 3.05) is 19.9 Å². The van der Waals surface area contributed by atoms with Crippen molar-refractivity contribution in [3.63, 3.8) is 0 Å². The first-order valence-corrected chi connectivity index (χ1v) is 10.6. The van der Waals surface area contributed by atoms with E-state index < -0.39 is 10.0 Å². The molecular formula is C21H20N2O4S. The van der Waals surface area contributed by atoms with Crippen molar-refractivity contribution in [3.05, 3.63) is 59.8 Å². The maximum Gasteiger partial charge on any atom is 0.243 e. The van der Waals surface area contributed by atoms with Crippen LogP contribution >= 0.6 is 0 Å². The highest BCUT2D eigenvalue weighted by molar-refractivity contribution is 7.89. The van der Waals surface area contributed by atoms with Crippen LogP contribution < -0.4 is 9.47 Å². The van der Waals surface area contributed by atoms with Crippen molar-refractivity contribution in [1.82, 2.24) is 9.29 Å². The van der Waals surface area contributed by atoms with E-state index in [0.717, 1.165) is 11.2 Å². The summed E-state index contributed by atoms with van der Waals surface area (Å²) in [6.45, 7) is 2.98. The molecule has 0 spiro atoms. The van der Waals surface area contributed by atoms with Gasteiger partial charge in [-0.3, -0.25) is 0 Å². The topological polar surface area (TPSA) is 71.6 Å². The number of aromatic amines is 1. The molecule has 0 bridgehead atoms. The van der Waals surface area contributed by atoms with Gasteiger partial charge in [0.15, 0.2) is 11.5 Å². The molecule has 5 rings (SSSR count). The molecular weight excluding hydrogens is 376 g/mol.